The summed E-state index contributed by atoms with van der Waals surface area (Å²) in [4.78, 5) is 0. The van der Waals surface area contributed by atoms with Gasteiger partial charge in [0.2, 0.25) is 0 Å². The number of para-hydroxylation sites is 1. The number of anilines is 1. The number of rotatable bonds is 3. The van der Waals surface area contributed by atoms with Crippen molar-refractivity contribution in [3.8, 4) is 6.07 Å². The maximum Gasteiger partial charge on any atom is 0.127 e. The molecule has 3 nitrogen and oxygen atoms in total. The second kappa shape index (κ2) is 5.60. The van der Waals surface area contributed by atoms with Crippen LogP contribution in [0.4, 0.5) is 5.69 Å². The molecule has 0 saturated heterocycles. The van der Waals surface area contributed by atoms with Gasteiger partial charge in [-0.05, 0) is 31.4 Å². The molecule has 0 heterocycles. The van der Waals surface area contributed by atoms with Crippen molar-refractivity contribution < 1.29 is 4.74 Å². The summed E-state index contributed by atoms with van der Waals surface area (Å²) in [6.07, 6.45) is 3.68. The van der Waals surface area contributed by atoms with E-state index in [1.807, 2.05) is 24.3 Å². The Bertz CT molecular complexity index is 457. The Morgan fingerprint density at radius 1 is 1.50 bits per heavy atom. The van der Waals surface area contributed by atoms with Gasteiger partial charge in [0.15, 0.2) is 0 Å². The van der Waals surface area contributed by atoms with Gasteiger partial charge in [-0.2, -0.15) is 5.26 Å². The Balaban J connectivity index is 2.19. The van der Waals surface area contributed by atoms with E-state index in [1.54, 1.807) is 7.11 Å². The second-order valence-electron chi connectivity index (χ2n) is 4.75. The first-order valence-corrected chi connectivity index (χ1v) is 6.54. The van der Waals surface area contributed by atoms with Gasteiger partial charge in [-0.1, -0.05) is 23.7 Å². The van der Waals surface area contributed by atoms with Crippen molar-refractivity contribution in [1.29, 1.82) is 5.26 Å². The summed E-state index contributed by atoms with van der Waals surface area (Å²) in [6.45, 7) is 0. The van der Waals surface area contributed by atoms with E-state index in [1.165, 1.54) is 0 Å². The van der Waals surface area contributed by atoms with E-state index in [0.29, 0.717) is 11.4 Å². The van der Waals surface area contributed by atoms with Crippen molar-refractivity contribution in [1.82, 2.24) is 0 Å². The molecule has 1 aliphatic rings. The van der Waals surface area contributed by atoms with Crippen LogP contribution in [0.3, 0.4) is 0 Å². The van der Waals surface area contributed by atoms with Gasteiger partial charge in [0.05, 0.1) is 22.9 Å². The molecule has 1 aliphatic carbocycles. The summed E-state index contributed by atoms with van der Waals surface area (Å²) in [7, 11) is 1.70. The first-order valence-electron chi connectivity index (χ1n) is 6.16. The Labute approximate surface area is 113 Å². The highest BCUT2D eigenvalue weighted by molar-refractivity contribution is 6.33. The molecule has 0 spiro atoms. The van der Waals surface area contributed by atoms with Gasteiger partial charge in [-0.25, -0.2) is 0 Å². The summed E-state index contributed by atoms with van der Waals surface area (Å²) >= 11 is 6.13. The molecule has 0 aromatic heterocycles. The van der Waals surface area contributed by atoms with Crippen LogP contribution in [0, 0.1) is 11.3 Å². The average Bonchev–Trinajstić information content (AvgIpc) is 2.42. The number of nitrogens with one attached hydrogen (secondary N) is 1. The Hall–Kier alpha value is -1.24. The Morgan fingerprint density at radius 3 is 2.94 bits per heavy atom. The first-order chi connectivity index (χ1) is 8.69. The van der Waals surface area contributed by atoms with Gasteiger partial charge < -0.3 is 10.1 Å². The van der Waals surface area contributed by atoms with Crippen LogP contribution in [0.25, 0.3) is 0 Å². The molecule has 1 saturated carbocycles. The highest BCUT2D eigenvalue weighted by Gasteiger charge is 2.37. The minimum Gasteiger partial charge on any atom is -0.381 e. The standard InChI is InChI=1S/C14H17ClN2O/c1-18-11-5-4-8-14(9-11,10-16)17-13-7-3-2-6-12(13)15/h2-3,6-7,11,17H,4-5,8-9H2,1H3. The average molecular weight is 265 g/mol. The molecule has 2 atom stereocenters. The van der Waals surface area contributed by atoms with Crippen molar-refractivity contribution in [2.45, 2.75) is 37.3 Å². The lowest BCUT2D eigenvalue weighted by Gasteiger charge is -2.36. The van der Waals surface area contributed by atoms with Crippen LogP contribution < -0.4 is 5.32 Å². The number of benzene rings is 1. The first kappa shape index (κ1) is 13.2. The number of hydrogen-bond donors (Lipinski definition) is 1. The molecule has 1 fully saturated rings. The maximum atomic E-state index is 9.50. The Kier molecular flexibility index (Phi) is 4.11. The number of halogens is 1. The highest BCUT2D eigenvalue weighted by atomic mass is 35.5. The predicted octanol–water partition coefficient (Wildman–Crippen LogP) is 3.60. The normalized spacial score (nSPS) is 27.5. The molecule has 0 aliphatic heterocycles. The summed E-state index contributed by atoms with van der Waals surface area (Å²) in [6, 6.07) is 9.93. The molecule has 1 N–H and O–H groups in total. The molecule has 2 unspecified atom stereocenters. The zero-order valence-corrected chi connectivity index (χ0v) is 11.2. The van der Waals surface area contributed by atoms with Crippen molar-refractivity contribution >= 4 is 17.3 Å². The van der Waals surface area contributed by atoms with E-state index in [2.05, 4.69) is 11.4 Å². The van der Waals surface area contributed by atoms with Gasteiger partial charge in [0, 0.05) is 13.5 Å². The molecule has 0 amide bonds. The van der Waals surface area contributed by atoms with Crippen molar-refractivity contribution in [3.63, 3.8) is 0 Å². The molecule has 1 aromatic carbocycles. The van der Waals surface area contributed by atoms with Crippen molar-refractivity contribution in [2.24, 2.45) is 0 Å². The van der Waals surface area contributed by atoms with Crippen LogP contribution in [-0.2, 0) is 4.74 Å². The third-order valence-corrected chi connectivity index (χ3v) is 3.83. The van der Waals surface area contributed by atoms with Crippen LogP contribution in [-0.4, -0.2) is 18.8 Å². The topological polar surface area (TPSA) is 45.0 Å². The van der Waals surface area contributed by atoms with Gasteiger partial charge >= 0.3 is 0 Å². The number of hydrogen-bond acceptors (Lipinski definition) is 3. The van der Waals surface area contributed by atoms with E-state index in [-0.39, 0.29) is 6.10 Å². The van der Waals surface area contributed by atoms with Gasteiger partial charge in [0.25, 0.3) is 0 Å². The fraction of sp³-hybridized carbons (Fsp3) is 0.500. The largest absolute Gasteiger partial charge is 0.381 e. The molecule has 1 aromatic rings. The quantitative estimate of drug-likeness (QED) is 0.907. The van der Waals surface area contributed by atoms with Gasteiger partial charge in [-0.3, -0.25) is 0 Å². The lowest BCUT2D eigenvalue weighted by molar-refractivity contribution is 0.0569. The molecule has 18 heavy (non-hydrogen) atoms. The van der Waals surface area contributed by atoms with E-state index in [4.69, 9.17) is 16.3 Å². The Morgan fingerprint density at radius 2 is 2.28 bits per heavy atom. The van der Waals surface area contributed by atoms with Crippen molar-refractivity contribution in [2.75, 3.05) is 12.4 Å². The zero-order valence-electron chi connectivity index (χ0n) is 10.4. The van der Waals surface area contributed by atoms with E-state index < -0.39 is 5.54 Å². The fourth-order valence-corrected chi connectivity index (χ4v) is 2.67. The third kappa shape index (κ3) is 2.77. The van der Waals surface area contributed by atoms with E-state index >= 15 is 0 Å². The number of ether oxygens (including phenoxy) is 1. The third-order valence-electron chi connectivity index (χ3n) is 3.50. The van der Waals surface area contributed by atoms with Crippen LogP contribution >= 0.6 is 11.6 Å². The summed E-state index contributed by atoms with van der Waals surface area (Å²) < 4.78 is 5.39. The van der Waals surface area contributed by atoms with Crippen LogP contribution in [0.15, 0.2) is 24.3 Å². The molecule has 2 rings (SSSR count). The fourth-order valence-electron chi connectivity index (χ4n) is 2.49. The van der Waals surface area contributed by atoms with E-state index in [9.17, 15) is 5.26 Å². The van der Waals surface area contributed by atoms with Crippen LogP contribution in [0.1, 0.15) is 25.7 Å². The van der Waals surface area contributed by atoms with Gasteiger partial charge in [-0.15, -0.1) is 0 Å². The highest BCUT2D eigenvalue weighted by Crippen LogP contribution is 2.34. The minimum absolute atomic E-state index is 0.147. The zero-order chi connectivity index (χ0) is 13.0. The SMILES string of the molecule is COC1CCCC(C#N)(Nc2ccccc2Cl)C1. The lowest BCUT2D eigenvalue weighted by Crippen LogP contribution is -2.43. The van der Waals surface area contributed by atoms with Gasteiger partial charge in [0.1, 0.15) is 5.54 Å². The molecule has 0 radical (unpaired) electrons. The molecule has 4 heteroatoms. The van der Waals surface area contributed by atoms with Crippen molar-refractivity contribution in [3.05, 3.63) is 29.3 Å². The number of methoxy groups -OCH3 is 1. The maximum absolute atomic E-state index is 9.50. The van der Waals surface area contributed by atoms with E-state index in [0.717, 1.165) is 24.9 Å². The summed E-state index contributed by atoms with van der Waals surface area (Å²) in [5.41, 5.74) is 0.252. The van der Waals surface area contributed by atoms with Crippen LogP contribution in [0.2, 0.25) is 5.02 Å². The molecular weight excluding hydrogens is 248 g/mol. The second-order valence-corrected chi connectivity index (χ2v) is 5.16. The monoisotopic (exact) mass is 264 g/mol. The number of nitriles is 1. The lowest BCUT2D eigenvalue weighted by atomic mass is 9.81. The minimum atomic E-state index is -0.566. The molecule has 96 valence electrons. The smallest absolute Gasteiger partial charge is 0.127 e. The predicted molar refractivity (Wildman–Crippen MR) is 72.7 cm³/mol. The number of nitrogens with zero attached hydrogens (tertiary/aromatic N) is 1. The molecular formula is C14H17ClN2O. The summed E-state index contributed by atoms with van der Waals surface area (Å²) in [5, 5.41) is 13.4. The van der Waals surface area contributed by atoms with Crippen LogP contribution in [0.5, 0.6) is 0 Å². The summed E-state index contributed by atoms with van der Waals surface area (Å²) in [5.74, 6) is 0. The molecule has 0 bridgehead atoms.